The Morgan fingerprint density at radius 1 is 1.50 bits per heavy atom. The average Bonchev–Trinajstić information content (AvgIpc) is 2.20. The van der Waals surface area contributed by atoms with Crippen molar-refractivity contribution in [3.8, 4) is 0 Å². The number of hydrogen-bond acceptors (Lipinski definition) is 2. The molecule has 1 aromatic carbocycles. The molecular weight excluding hydrogens is 190 g/mol. The third kappa shape index (κ3) is 1.96. The average molecular weight is 207 g/mol. The van der Waals surface area contributed by atoms with Gasteiger partial charge in [0, 0.05) is 10.9 Å². The maximum atomic E-state index is 6.10. The van der Waals surface area contributed by atoms with E-state index in [0.29, 0.717) is 0 Å². The maximum absolute atomic E-state index is 6.10. The maximum Gasteiger partial charge on any atom is 0.0298 e. The van der Waals surface area contributed by atoms with E-state index in [1.165, 1.54) is 28.9 Å². The molecule has 0 saturated carbocycles. The first-order valence-corrected chi connectivity index (χ1v) is 6.31. The van der Waals surface area contributed by atoms with E-state index in [1.807, 2.05) is 11.8 Å². The first-order valence-electron chi connectivity index (χ1n) is 5.32. The lowest BCUT2D eigenvalue weighted by Gasteiger charge is -2.22. The van der Waals surface area contributed by atoms with Crippen molar-refractivity contribution in [1.29, 1.82) is 0 Å². The topological polar surface area (TPSA) is 26.0 Å². The molecule has 2 N–H and O–H groups in total. The molecular formula is C12H17NS. The smallest absolute Gasteiger partial charge is 0.0298 e. The van der Waals surface area contributed by atoms with Crippen molar-refractivity contribution in [3.05, 3.63) is 29.3 Å². The Labute approximate surface area is 90.1 Å². The number of benzene rings is 1. The van der Waals surface area contributed by atoms with Crippen LogP contribution in [-0.4, -0.2) is 5.75 Å². The summed E-state index contributed by atoms with van der Waals surface area (Å²) in [6, 6.07) is 7.04. The Hall–Kier alpha value is -0.470. The lowest BCUT2D eigenvalue weighted by Crippen LogP contribution is -2.17. The molecule has 76 valence electrons. The van der Waals surface area contributed by atoms with Crippen LogP contribution in [0.1, 0.15) is 36.9 Å². The van der Waals surface area contributed by atoms with E-state index in [2.05, 4.69) is 25.1 Å². The van der Waals surface area contributed by atoms with Gasteiger partial charge in [0.2, 0.25) is 0 Å². The number of nitrogens with two attached hydrogens (primary N) is 1. The highest BCUT2D eigenvalue weighted by Gasteiger charge is 2.16. The van der Waals surface area contributed by atoms with E-state index in [-0.39, 0.29) is 6.04 Å². The van der Waals surface area contributed by atoms with E-state index in [1.54, 1.807) is 0 Å². The molecule has 0 aromatic heterocycles. The molecule has 1 unspecified atom stereocenters. The summed E-state index contributed by atoms with van der Waals surface area (Å²) in [6.45, 7) is 2.18. The van der Waals surface area contributed by atoms with Gasteiger partial charge in [0.05, 0.1) is 0 Å². The van der Waals surface area contributed by atoms with Crippen LogP contribution in [0.15, 0.2) is 23.1 Å². The molecule has 0 fully saturated rings. The van der Waals surface area contributed by atoms with Crippen LogP contribution in [0.2, 0.25) is 0 Å². The zero-order chi connectivity index (χ0) is 9.97. The number of rotatable bonds is 2. The van der Waals surface area contributed by atoms with Crippen molar-refractivity contribution in [1.82, 2.24) is 0 Å². The summed E-state index contributed by atoms with van der Waals surface area (Å²) in [5.74, 6) is 1.13. The van der Waals surface area contributed by atoms with E-state index in [0.717, 1.165) is 12.2 Å². The van der Waals surface area contributed by atoms with Gasteiger partial charge in [0.15, 0.2) is 0 Å². The largest absolute Gasteiger partial charge is 0.324 e. The Kier molecular flexibility index (Phi) is 3.14. The van der Waals surface area contributed by atoms with Crippen molar-refractivity contribution in [3.63, 3.8) is 0 Å². The van der Waals surface area contributed by atoms with Crippen molar-refractivity contribution in [2.24, 2.45) is 5.73 Å². The Balaban J connectivity index is 2.31. The minimum Gasteiger partial charge on any atom is -0.324 e. The highest BCUT2D eigenvalue weighted by molar-refractivity contribution is 7.99. The van der Waals surface area contributed by atoms with Gasteiger partial charge in [-0.25, -0.2) is 0 Å². The molecule has 0 saturated heterocycles. The number of fused-ring (bicyclic) bond motifs is 1. The minimum absolute atomic E-state index is 0.274. The van der Waals surface area contributed by atoms with Crippen LogP contribution in [0.3, 0.4) is 0 Å². The van der Waals surface area contributed by atoms with Crippen LogP contribution < -0.4 is 5.73 Å². The summed E-state index contributed by atoms with van der Waals surface area (Å²) in [5.41, 5.74) is 8.95. The highest BCUT2D eigenvalue weighted by Crippen LogP contribution is 2.31. The van der Waals surface area contributed by atoms with Crippen LogP contribution in [-0.2, 0) is 6.42 Å². The zero-order valence-electron chi connectivity index (χ0n) is 8.62. The van der Waals surface area contributed by atoms with Gasteiger partial charge in [0.25, 0.3) is 0 Å². The van der Waals surface area contributed by atoms with Crippen molar-refractivity contribution in [2.75, 3.05) is 5.75 Å². The van der Waals surface area contributed by atoms with Crippen molar-refractivity contribution >= 4 is 11.8 Å². The summed E-state index contributed by atoms with van der Waals surface area (Å²) < 4.78 is 0. The molecule has 0 heterocycles. The molecule has 0 aliphatic heterocycles. The van der Waals surface area contributed by atoms with Crippen LogP contribution in [0.25, 0.3) is 0 Å². The van der Waals surface area contributed by atoms with Crippen molar-refractivity contribution in [2.45, 2.75) is 37.1 Å². The summed E-state index contributed by atoms with van der Waals surface area (Å²) in [5, 5.41) is 0. The van der Waals surface area contributed by atoms with Crippen LogP contribution in [0.4, 0.5) is 0 Å². The van der Waals surface area contributed by atoms with E-state index in [9.17, 15) is 0 Å². The molecule has 1 nitrogen and oxygen atoms in total. The Bertz CT molecular complexity index is 322. The quantitative estimate of drug-likeness (QED) is 0.754. The zero-order valence-corrected chi connectivity index (χ0v) is 9.44. The number of thioether (sulfide) groups is 1. The highest BCUT2D eigenvalue weighted by atomic mass is 32.2. The monoisotopic (exact) mass is 207 g/mol. The second-order valence-electron chi connectivity index (χ2n) is 3.79. The van der Waals surface area contributed by atoms with Gasteiger partial charge in [-0.3, -0.25) is 0 Å². The first-order chi connectivity index (χ1) is 6.81. The third-order valence-corrected chi connectivity index (χ3v) is 3.66. The first kappa shape index (κ1) is 10.1. The predicted octanol–water partition coefficient (Wildman–Crippen LogP) is 3.13. The molecule has 1 aliphatic rings. The summed E-state index contributed by atoms with van der Waals surface area (Å²) in [6.07, 6.45) is 3.60. The Morgan fingerprint density at radius 3 is 3.14 bits per heavy atom. The fourth-order valence-electron chi connectivity index (χ4n) is 2.07. The van der Waals surface area contributed by atoms with Gasteiger partial charge in [0.1, 0.15) is 0 Å². The molecule has 14 heavy (non-hydrogen) atoms. The molecule has 0 bridgehead atoms. The number of aryl methyl sites for hydroxylation is 1. The van der Waals surface area contributed by atoms with Crippen molar-refractivity contribution < 1.29 is 0 Å². The van der Waals surface area contributed by atoms with E-state index < -0.39 is 0 Å². The van der Waals surface area contributed by atoms with Gasteiger partial charge in [-0.15, -0.1) is 11.8 Å². The third-order valence-electron chi connectivity index (χ3n) is 2.79. The van der Waals surface area contributed by atoms with Crippen LogP contribution in [0.5, 0.6) is 0 Å². The Morgan fingerprint density at radius 2 is 2.36 bits per heavy atom. The van der Waals surface area contributed by atoms with Gasteiger partial charge in [-0.2, -0.15) is 0 Å². The molecule has 2 rings (SSSR count). The van der Waals surface area contributed by atoms with Gasteiger partial charge in [-0.05, 0) is 48.3 Å². The minimum atomic E-state index is 0.274. The molecule has 2 heteroatoms. The summed E-state index contributed by atoms with van der Waals surface area (Å²) in [7, 11) is 0. The normalized spacial score (nSPS) is 20.6. The van der Waals surface area contributed by atoms with Crippen LogP contribution in [0, 0.1) is 0 Å². The standard InChI is InChI=1S/C12H17NS/c1-2-14-10-7-6-9-4-3-5-12(13)11(9)8-10/h6-8,12H,2-5,13H2,1H3. The van der Waals surface area contributed by atoms with Gasteiger partial charge < -0.3 is 5.73 Å². The fraction of sp³-hybridized carbons (Fsp3) is 0.500. The SMILES string of the molecule is CCSc1ccc2c(c1)C(N)CCC2. The lowest BCUT2D eigenvalue weighted by atomic mass is 9.88. The second kappa shape index (κ2) is 4.37. The van der Waals surface area contributed by atoms with E-state index in [4.69, 9.17) is 5.73 Å². The van der Waals surface area contributed by atoms with Gasteiger partial charge in [-0.1, -0.05) is 13.0 Å². The number of hydrogen-bond donors (Lipinski definition) is 1. The molecule has 1 aromatic rings. The summed E-state index contributed by atoms with van der Waals surface area (Å²) in [4.78, 5) is 1.36. The lowest BCUT2D eigenvalue weighted by molar-refractivity contribution is 0.569. The predicted molar refractivity (Wildman–Crippen MR) is 62.7 cm³/mol. The molecule has 1 atom stereocenters. The van der Waals surface area contributed by atoms with Gasteiger partial charge >= 0.3 is 0 Å². The molecule has 1 aliphatic carbocycles. The molecule has 0 amide bonds. The van der Waals surface area contributed by atoms with Crippen LogP contribution >= 0.6 is 11.8 Å². The fourth-order valence-corrected chi connectivity index (χ4v) is 2.78. The molecule has 0 spiro atoms. The van der Waals surface area contributed by atoms with E-state index >= 15 is 0 Å². The molecule has 0 radical (unpaired) electrons. The summed E-state index contributed by atoms with van der Waals surface area (Å²) >= 11 is 1.89. The second-order valence-corrected chi connectivity index (χ2v) is 5.13.